The Morgan fingerprint density at radius 2 is 1.65 bits per heavy atom. The third-order valence-corrected chi connectivity index (χ3v) is 3.82. The van der Waals surface area contributed by atoms with Gasteiger partial charge in [-0.05, 0) is 31.3 Å². The molecule has 23 heavy (non-hydrogen) atoms. The van der Waals surface area contributed by atoms with Crippen LogP contribution >= 0.6 is 0 Å². The minimum atomic E-state index is 0.213. The first kappa shape index (κ1) is 15.4. The maximum atomic E-state index is 5.83. The number of nitrogens with zero attached hydrogens (tertiary/aromatic N) is 4. The zero-order chi connectivity index (χ0) is 16.2. The van der Waals surface area contributed by atoms with E-state index in [1.807, 2.05) is 30.3 Å². The van der Waals surface area contributed by atoms with Gasteiger partial charge in [0.2, 0.25) is 11.8 Å². The highest BCUT2D eigenvalue weighted by atomic mass is 16.5. The van der Waals surface area contributed by atoms with E-state index in [-0.39, 0.29) is 5.95 Å². The lowest BCUT2D eigenvalue weighted by Gasteiger charge is -2.33. The van der Waals surface area contributed by atoms with E-state index in [0.717, 1.165) is 37.7 Å². The highest BCUT2D eigenvalue weighted by Crippen LogP contribution is 2.26. The minimum Gasteiger partial charge on any atom is -0.497 e. The predicted octanol–water partition coefficient (Wildman–Crippen LogP) is 1.61. The number of aromatic nitrogens is 2. The second-order valence-electron chi connectivity index (χ2n) is 5.49. The van der Waals surface area contributed by atoms with E-state index in [1.54, 1.807) is 7.11 Å². The van der Waals surface area contributed by atoms with E-state index in [2.05, 4.69) is 26.8 Å². The summed E-state index contributed by atoms with van der Waals surface area (Å²) in [6, 6.07) is 9.15. The van der Waals surface area contributed by atoms with Crippen molar-refractivity contribution in [2.45, 2.75) is 0 Å². The van der Waals surface area contributed by atoms with Gasteiger partial charge in [0.1, 0.15) is 17.3 Å². The van der Waals surface area contributed by atoms with Gasteiger partial charge in [-0.3, -0.25) is 0 Å². The summed E-state index contributed by atoms with van der Waals surface area (Å²) < 4.78 is 10.9. The predicted molar refractivity (Wildman–Crippen MR) is 89.2 cm³/mol. The quantitative estimate of drug-likeness (QED) is 0.918. The Morgan fingerprint density at radius 3 is 2.30 bits per heavy atom. The van der Waals surface area contributed by atoms with Crippen LogP contribution in [0.1, 0.15) is 0 Å². The first-order chi connectivity index (χ1) is 11.1. The Balaban J connectivity index is 1.76. The number of anilines is 2. The van der Waals surface area contributed by atoms with Crippen molar-refractivity contribution >= 4 is 11.8 Å². The van der Waals surface area contributed by atoms with Crippen LogP contribution < -0.4 is 20.1 Å². The number of hydrogen-bond acceptors (Lipinski definition) is 7. The molecule has 0 aliphatic carbocycles. The molecule has 3 rings (SSSR count). The van der Waals surface area contributed by atoms with Crippen molar-refractivity contribution in [2.75, 3.05) is 51.0 Å². The van der Waals surface area contributed by atoms with Gasteiger partial charge >= 0.3 is 0 Å². The zero-order valence-corrected chi connectivity index (χ0v) is 13.4. The zero-order valence-electron chi connectivity index (χ0n) is 13.4. The lowest BCUT2D eigenvalue weighted by atomic mass is 10.3. The average molecular weight is 315 g/mol. The van der Waals surface area contributed by atoms with Gasteiger partial charge in [0.15, 0.2) is 0 Å². The number of likely N-dealkylation sites (N-methyl/N-ethyl adjacent to an activating group) is 1. The third-order valence-electron chi connectivity index (χ3n) is 3.82. The van der Waals surface area contributed by atoms with E-state index in [1.165, 1.54) is 0 Å². The van der Waals surface area contributed by atoms with Crippen molar-refractivity contribution in [3.63, 3.8) is 0 Å². The Labute approximate surface area is 135 Å². The Bertz CT molecular complexity index is 654. The van der Waals surface area contributed by atoms with Crippen molar-refractivity contribution in [3.8, 4) is 17.4 Å². The fraction of sp³-hybridized carbons (Fsp3) is 0.375. The summed E-state index contributed by atoms with van der Waals surface area (Å²) >= 11 is 0. The molecular weight excluding hydrogens is 294 g/mol. The summed E-state index contributed by atoms with van der Waals surface area (Å²) in [5.41, 5.74) is 5.83. The Morgan fingerprint density at radius 1 is 1.00 bits per heavy atom. The summed E-state index contributed by atoms with van der Waals surface area (Å²) in [4.78, 5) is 13.0. The molecule has 0 atom stereocenters. The van der Waals surface area contributed by atoms with E-state index < -0.39 is 0 Å². The normalized spacial score (nSPS) is 15.5. The SMILES string of the molecule is COc1ccc(Oc2cc(N3CCN(C)CC3)nc(N)n2)cc1. The monoisotopic (exact) mass is 315 g/mol. The summed E-state index contributed by atoms with van der Waals surface area (Å²) in [7, 11) is 3.74. The molecule has 2 N–H and O–H groups in total. The summed E-state index contributed by atoms with van der Waals surface area (Å²) in [5, 5.41) is 0. The van der Waals surface area contributed by atoms with Crippen LogP contribution in [0, 0.1) is 0 Å². The molecule has 0 amide bonds. The van der Waals surface area contributed by atoms with Crippen LogP contribution in [0.2, 0.25) is 0 Å². The molecule has 0 unspecified atom stereocenters. The topological polar surface area (TPSA) is 76.7 Å². The first-order valence-electron chi connectivity index (χ1n) is 7.54. The number of methoxy groups -OCH3 is 1. The molecule has 1 fully saturated rings. The van der Waals surface area contributed by atoms with Crippen molar-refractivity contribution in [1.29, 1.82) is 0 Å². The van der Waals surface area contributed by atoms with Crippen LogP contribution in [-0.4, -0.2) is 55.2 Å². The van der Waals surface area contributed by atoms with Gasteiger partial charge in [0.25, 0.3) is 0 Å². The molecule has 0 bridgehead atoms. The number of nitrogen functional groups attached to an aromatic ring is 1. The molecule has 0 spiro atoms. The van der Waals surface area contributed by atoms with Gasteiger partial charge in [-0.2, -0.15) is 9.97 Å². The molecule has 7 nitrogen and oxygen atoms in total. The van der Waals surface area contributed by atoms with Crippen molar-refractivity contribution in [2.24, 2.45) is 0 Å². The van der Waals surface area contributed by atoms with E-state index >= 15 is 0 Å². The second kappa shape index (κ2) is 6.70. The molecule has 0 saturated carbocycles. The molecule has 7 heteroatoms. The third kappa shape index (κ3) is 3.81. The highest BCUT2D eigenvalue weighted by molar-refractivity contribution is 5.47. The first-order valence-corrected chi connectivity index (χ1v) is 7.54. The maximum Gasteiger partial charge on any atom is 0.226 e. The summed E-state index contributed by atoms with van der Waals surface area (Å²) in [5.74, 6) is 2.90. The van der Waals surface area contributed by atoms with Crippen LogP contribution in [0.5, 0.6) is 17.4 Å². The molecule has 1 aromatic heterocycles. The van der Waals surface area contributed by atoms with Crippen LogP contribution in [0.25, 0.3) is 0 Å². The standard InChI is InChI=1S/C16H21N5O2/c1-20-7-9-21(10-8-20)14-11-15(19-16(17)18-14)23-13-5-3-12(22-2)4-6-13/h3-6,11H,7-10H2,1-2H3,(H2,17,18,19). The molecule has 0 radical (unpaired) electrons. The minimum absolute atomic E-state index is 0.213. The van der Waals surface area contributed by atoms with Crippen LogP contribution in [0.3, 0.4) is 0 Å². The second-order valence-corrected chi connectivity index (χ2v) is 5.49. The molecule has 2 aromatic rings. The average Bonchev–Trinajstić information content (AvgIpc) is 2.56. The van der Waals surface area contributed by atoms with Gasteiger partial charge in [-0.1, -0.05) is 0 Å². The summed E-state index contributed by atoms with van der Waals surface area (Å²) in [6.45, 7) is 3.82. The van der Waals surface area contributed by atoms with Gasteiger partial charge in [-0.25, -0.2) is 0 Å². The number of nitrogens with two attached hydrogens (primary N) is 1. The number of hydrogen-bond donors (Lipinski definition) is 1. The summed E-state index contributed by atoms with van der Waals surface area (Å²) in [6.07, 6.45) is 0. The van der Waals surface area contributed by atoms with Crippen LogP contribution in [-0.2, 0) is 0 Å². The van der Waals surface area contributed by atoms with Crippen molar-refractivity contribution in [3.05, 3.63) is 30.3 Å². The Kier molecular flexibility index (Phi) is 4.47. The van der Waals surface area contributed by atoms with Gasteiger partial charge in [0, 0.05) is 32.2 Å². The largest absolute Gasteiger partial charge is 0.497 e. The van der Waals surface area contributed by atoms with Gasteiger partial charge in [-0.15, -0.1) is 0 Å². The van der Waals surface area contributed by atoms with Crippen LogP contribution in [0.4, 0.5) is 11.8 Å². The van der Waals surface area contributed by atoms with Crippen molar-refractivity contribution in [1.82, 2.24) is 14.9 Å². The molecule has 1 aliphatic rings. The smallest absolute Gasteiger partial charge is 0.226 e. The number of ether oxygens (including phenoxy) is 2. The van der Waals surface area contributed by atoms with Gasteiger partial charge in [0.05, 0.1) is 7.11 Å². The lowest BCUT2D eigenvalue weighted by Crippen LogP contribution is -2.44. The van der Waals surface area contributed by atoms with E-state index in [4.69, 9.17) is 15.2 Å². The number of benzene rings is 1. The van der Waals surface area contributed by atoms with Crippen molar-refractivity contribution < 1.29 is 9.47 Å². The number of rotatable bonds is 4. The highest BCUT2D eigenvalue weighted by Gasteiger charge is 2.17. The van der Waals surface area contributed by atoms with Gasteiger partial charge < -0.3 is 25.0 Å². The molecule has 1 aromatic carbocycles. The fourth-order valence-electron chi connectivity index (χ4n) is 2.44. The molecular formula is C16H21N5O2. The molecule has 1 aliphatic heterocycles. The molecule has 1 saturated heterocycles. The van der Waals surface area contributed by atoms with E-state index in [9.17, 15) is 0 Å². The van der Waals surface area contributed by atoms with Crippen LogP contribution in [0.15, 0.2) is 30.3 Å². The fourth-order valence-corrected chi connectivity index (χ4v) is 2.44. The Hall–Kier alpha value is -2.54. The molecule has 122 valence electrons. The molecule has 2 heterocycles. The lowest BCUT2D eigenvalue weighted by molar-refractivity contribution is 0.312. The maximum absolute atomic E-state index is 5.83. The number of piperazine rings is 1. The van der Waals surface area contributed by atoms with E-state index in [0.29, 0.717) is 11.6 Å².